The molecule has 16 heavy (non-hydrogen) atoms. The molecule has 0 aromatic carbocycles. The summed E-state index contributed by atoms with van der Waals surface area (Å²) in [5, 5.41) is 9.38. The predicted molar refractivity (Wildman–Crippen MR) is 65.5 cm³/mol. The Hall–Kier alpha value is -0.570. The Balaban J connectivity index is 2.59. The number of piperidine rings is 1. The van der Waals surface area contributed by atoms with Gasteiger partial charge in [0.05, 0.1) is 5.41 Å². The minimum absolute atomic E-state index is 0.432. The van der Waals surface area contributed by atoms with Crippen LogP contribution >= 0.6 is 0 Å². The van der Waals surface area contributed by atoms with Crippen LogP contribution in [0.2, 0.25) is 0 Å². The number of hydrogen-bond acceptors (Lipinski definition) is 2. The predicted octanol–water partition coefficient (Wildman–Crippen LogP) is 2.75. The molecule has 0 saturated carbocycles. The molecule has 1 aliphatic rings. The lowest BCUT2D eigenvalue weighted by atomic mass is 9.74. The highest BCUT2D eigenvalue weighted by Gasteiger charge is 2.40. The van der Waals surface area contributed by atoms with Crippen LogP contribution in [0.5, 0.6) is 0 Å². The third-order valence-electron chi connectivity index (χ3n) is 4.15. The minimum Gasteiger partial charge on any atom is -0.481 e. The fourth-order valence-electron chi connectivity index (χ4n) is 2.70. The van der Waals surface area contributed by atoms with Crippen LogP contribution in [-0.4, -0.2) is 35.1 Å². The number of carbonyl (C=O) groups is 1. The number of carboxylic acids is 1. The Morgan fingerprint density at radius 1 is 1.38 bits per heavy atom. The first-order chi connectivity index (χ1) is 7.55. The maximum Gasteiger partial charge on any atom is 0.309 e. The van der Waals surface area contributed by atoms with Crippen molar-refractivity contribution in [2.24, 2.45) is 5.41 Å². The van der Waals surface area contributed by atoms with E-state index in [0.717, 1.165) is 45.2 Å². The molecule has 1 aliphatic heterocycles. The maximum absolute atomic E-state index is 11.4. The van der Waals surface area contributed by atoms with Crippen LogP contribution in [0.25, 0.3) is 0 Å². The number of hydrogen-bond donors (Lipinski definition) is 1. The zero-order valence-electron chi connectivity index (χ0n) is 10.8. The van der Waals surface area contributed by atoms with E-state index in [0.29, 0.717) is 6.04 Å². The van der Waals surface area contributed by atoms with Gasteiger partial charge in [-0.05, 0) is 45.7 Å². The van der Waals surface area contributed by atoms with Crippen molar-refractivity contribution in [2.45, 2.75) is 58.9 Å². The highest BCUT2D eigenvalue weighted by atomic mass is 16.4. The molecule has 0 radical (unpaired) electrons. The van der Waals surface area contributed by atoms with Gasteiger partial charge in [-0.15, -0.1) is 0 Å². The molecule has 94 valence electrons. The summed E-state index contributed by atoms with van der Waals surface area (Å²) in [4.78, 5) is 13.8. The fraction of sp³-hybridized carbons (Fsp3) is 0.923. The number of rotatable bonds is 5. The van der Waals surface area contributed by atoms with E-state index in [1.165, 1.54) is 0 Å². The molecular formula is C13H25NO2. The standard InChI is InChI=1S/C13H25NO2/c1-4-6-13(12(15)16)7-9-14(10-8-13)11(3)5-2/h11H,4-10H2,1-3H3,(H,15,16). The Morgan fingerprint density at radius 3 is 2.31 bits per heavy atom. The topological polar surface area (TPSA) is 40.5 Å². The first-order valence-corrected chi connectivity index (χ1v) is 6.53. The van der Waals surface area contributed by atoms with Gasteiger partial charge in [-0.2, -0.15) is 0 Å². The molecule has 3 nitrogen and oxygen atoms in total. The summed E-state index contributed by atoms with van der Waals surface area (Å²) in [5.74, 6) is -0.585. The average molecular weight is 227 g/mol. The molecule has 0 amide bonds. The van der Waals surface area contributed by atoms with Gasteiger partial charge in [-0.25, -0.2) is 0 Å². The molecular weight excluding hydrogens is 202 g/mol. The van der Waals surface area contributed by atoms with Crippen molar-refractivity contribution < 1.29 is 9.90 Å². The van der Waals surface area contributed by atoms with E-state index in [9.17, 15) is 9.90 Å². The van der Waals surface area contributed by atoms with Gasteiger partial charge in [-0.1, -0.05) is 20.3 Å². The van der Waals surface area contributed by atoms with Crippen molar-refractivity contribution >= 4 is 5.97 Å². The van der Waals surface area contributed by atoms with Gasteiger partial charge >= 0.3 is 5.97 Å². The van der Waals surface area contributed by atoms with Crippen molar-refractivity contribution in [3.8, 4) is 0 Å². The molecule has 3 heteroatoms. The van der Waals surface area contributed by atoms with Crippen LogP contribution in [0.3, 0.4) is 0 Å². The van der Waals surface area contributed by atoms with Gasteiger partial charge in [0.1, 0.15) is 0 Å². The van der Waals surface area contributed by atoms with Crippen molar-refractivity contribution in [3.05, 3.63) is 0 Å². The highest BCUT2D eigenvalue weighted by molar-refractivity contribution is 5.74. The van der Waals surface area contributed by atoms with Crippen LogP contribution in [0.15, 0.2) is 0 Å². The second-order valence-corrected chi connectivity index (χ2v) is 5.13. The zero-order chi connectivity index (χ0) is 12.2. The summed E-state index contributed by atoms with van der Waals surface area (Å²) < 4.78 is 0. The number of aliphatic carboxylic acids is 1. The summed E-state index contributed by atoms with van der Waals surface area (Å²) in [7, 11) is 0. The lowest BCUT2D eigenvalue weighted by molar-refractivity contribution is -0.153. The summed E-state index contributed by atoms with van der Waals surface area (Å²) in [5.41, 5.74) is -0.432. The first kappa shape index (κ1) is 13.5. The van der Waals surface area contributed by atoms with Crippen LogP contribution in [0.1, 0.15) is 52.9 Å². The number of nitrogens with zero attached hydrogens (tertiary/aromatic N) is 1. The molecule has 1 rings (SSSR count). The lowest BCUT2D eigenvalue weighted by Crippen LogP contribution is -2.47. The van der Waals surface area contributed by atoms with E-state index < -0.39 is 11.4 Å². The van der Waals surface area contributed by atoms with Gasteiger partial charge in [0.25, 0.3) is 0 Å². The monoisotopic (exact) mass is 227 g/mol. The Kier molecular flexibility index (Phi) is 4.78. The molecule has 0 aromatic rings. The fourth-order valence-corrected chi connectivity index (χ4v) is 2.70. The minimum atomic E-state index is -0.585. The van der Waals surface area contributed by atoms with E-state index in [1.807, 2.05) is 0 Å². The highest BCUT2D eigenvalue weighted by Crippen LogP contribution is 2.37. The van der Waals surface area contributed by atoms with E-state index in [4.69, 9.17) is 0 Å². The van der Waals surface area contributed by atoms with Crippen molar-refractivity contribution in [3.63, 3.8) is 0 Å². The molecule has 0 aromatic heterocycles. The summed E-state index contributed by atoms with van der Waals surface area (Å²) in [6.07, 6.45) is 4.58. The maximum atomic E-state index is 11.4. The Bertz CT molecular complexity index is 232. The molecule has 0 spiro atoms. The van der Waals surface area contributed by atoms with E-state index in [1.54, 1.807) is 0 Å². The average Bonchev–Trinajstić information content (AvgIpc) is 2.29. The number of likely N-dealkylation sites (tertiary alicyclic amines) is 1. The van der Waals surface area contributed by atoms with Gasteiger partial charge < -0.3 is 10.0 Å². The SMILES string of the molecule is CCCC1(C(=O)O)CCN(C(C)CC)CC1. The van der Waals surface area contributed by atoms with Crippen molar-refractivity contribution in [1.29, 1.82) is 0 Å². The van der Waals surface area contributed by atoms with E-state index >= 15 is 0 Å². The third-order valence-corrected chi connectivity index (χ3v) is 4.15. The second kappa shape index (κ2) is 5.67. The van der Waals surface area contributed by atoms with Crippen molar-refractivity contribution in [1.82, 2.24) is 4.90 Å². The Labute approximate surface area is 98.8 Å². The molecule has 0 bridgehead atoms. The van der Waals surface area contributed by atoms with Crippen LogP contribution < -0.4 is 0 Å². The van der Waals surface area contributed by atoms with Crippen LogP contribution in [-0.2, 0) is 4.79 Å². The zero-order valence-corrected chi connectivity index (χ0v) is 10.8. The van der Waals surface area contributed by atoms with Crippen molar-refractivity contribution in [2.75, 3.05) is 13.1 Å². The summed E-state index contributed by atoms with van der Waals surface area (Å²) in [6.45, 7) is 8.39. The summed E-state index contributed by atoms with van der Waals surface area (Å²) >= 11 is 0. The van der Waals surface area contributed by atoms with Crippen LogP contribution in [0, 0.1) is 5.41 Å². The van der Waals surface area contributed by atoms with Gasteiger partial charge in [0, 0.05) is 6.04 Å². The largest absolute Gasteiger partial charge is 0.481 e. The van der Waals surface area contributed by atoms with Gasteiger partial charge in [-0.3, -0.25) is 4.79 Å². The quantitative estimate of drug-likeness (QED) is 0.785. The van der Waals surface area contributed by atoms with Gasteiger partial charge in [0.2, 0.25) is 0 Å². The molecule has 0 aliphatic carbocycles. The molecule has 1 N–H and O–H groups in total. The van der Waals surface area contributed by atoms with E-state index in [-0.39, 0.29) is 0 Å². The normalized spacial score (nSPS) is 22.9. The van der Waals surface area contributed by atoms with Gasteiger partial charge in [0.15, 0.2) is 0 Å². The van der Waals surface area contributed by atoms with Crippen LogP contribution in [0.4, 0.5) is 0 Å². The Morgan fingerprint density at radius 2 is 1.94 bits per heavy atom. The van der Waals surface area contributed by atoms with E-state index in [2.05, 4.69) is 25.7 Å². The molecule has 1 unspecified atom stereocenters. The number of carboxylic acid groups (broad SMARTS) is 1. The summed E-state index contributed by atoms with van der Waals surface area (Å²) in [6, 6.07) is 0.591. The first-order valence-electron chi connectivity index (χ1n) is 6.53. The lowest BCUT2D eigenvalue weighted by Gasteiger charge is -2.41. The molecule has 1 saturated heterocycles. The molecule has 1 atom stereocenters. The smallest absolute Gasteiger partial charge is 0.309 e. The molecule has 1 fully saturated rings. The second-order valence-electron chi connectivity index (χ2n) is 5.13. The molecule has 1 heterocycles. The third kappa shape index (κ3) is 2.76.